The normalized spacial score (nSPS) is 25.6. The molecule has 8 heteroatoms. The van der Waals surface area contributed by atoms with Crippen molar-refractivity contribution >= 4 is 11.5 Å². The smallest absolute Gasteiger partial charge is 0.147 e. The van der Waals surface area contributed by atoms with Gasteiger partial charge in [-0.15, -0.1) is 5.10 Å². The lowest BCUT2D eigenvalue weighted by molar-refractivity contribution is 0.280. The molecule has 4 fully saturated rings. The van der Waals surface area contributed by atoms with Crippen molar-refractivity contribution in [2.24, 2.45) is 17.8 Å². The molecule has 0 bridgehead atoms. The average molecular weight is 485 g/mol. The first-order chi connectivity index (χ1) is 17.8. The van der Waals surface area contributed by atoms with E-state index in [1.54, 1.807) is 6.20 Å². The minimum Gasteiger partial charge on any atom is -0.370 e. The molecule has 3 atom stereocenters. The third-order valence-electron chi connectivity index (χ3n) is 8.71. The number of hydrogen-bond acceptors (Lipinski definition) is 7. The van der Waals surface area contributed by atoms with E-state index < -0.39 is 0 Å². The number of nitrogens with one attached hydrogen (secondary N) is 1. The maximum Gasteiger partial charge on any atom is 0.147 e. The van der Waals surface area contributed by atoms with Gasteiger partial charge in [-0.3, -0.25) is 4.98 Å². The number of aromatic nitrogens is 5. The number of piperidine rings is 2. The van der Waals surface area contributed by atoms with Crippen LogP contribution >= 0.6 is 0 Å². The molecule has 2 aromatic heterocycles. The zero-order valence-electron chi connectivity index (χ0n) is 21.0. The van der Waals surface area contributed by atoms with Gasteiger partial charge in [-0.05, 0) is 74.1 Å². The van der Waals surface area contributed by atoms with E-state index in [0.29, 0.717) is 12.6 Å². The van der Waals surface area contributed by atoms with Crippen LogP contribution in [0.25, 0.3) is 11.4 Å². The Morgan fingerprint density at radius 2 is 1.75 bits per heavy atom. The monoisotopic (exact) mass is 484 g/mol. The van der Waals surface area contributed by atoms with E-state index in [1.807, 2.05) is 17.1 Å². The fourth-order valence-corrected chi connectivity index (χ4v) is 6.12. The van der Waals surface area contributed by atoms with Gasteiger partial charge in [-0.1, -0.05) is 23.8 Å². The SMILES string of the molecule is c1cc(N2CCC[C@@H](NCC3CCC3)C2)ccc1Cn1cc(-c2cncc(N3CC4CC4C3)n2)nn1. The second kappa shape index (κ2) is 9.47. The molecule has 7 rings (SSSR count). The van der Waals surface area contributed by atoms with E-state index in [2.05, 4.69) is 54.7 Å². The van der Waals surface area contributed by atoms with Crippen molar-refractivity contribution in [2.45, 2.75) is 51.1 Å². The van der Waals surface area contributed by atoms with Crippen LogP contribution in [0.1, 0.15) is 44.1 Å². The van der Waals surface area contributed by atoms with Crippen LogP contribution < -0.4 is 15.1 Å². The number of anilines is 2. The minimum absolute atomic E-state index is 0.616. The highest BCUT2D eigenvalue weighted by Crippen LogP contribution is 2.45. The van der Waals surface area contributed by atoms with Crippen molar-refractivity contribution < 1.29 is 0 Å². The van der Waals surface area contributed by atoms with Gasteiger partial charge in [0.2, 0.25) is 0 Å². The summed E-state index contributed by atoms with van der Waals surface area (Å²) >= 11 is 0. The molecule has 4 aliphatic rings. The molecule has 36 heavy (non-hydrogen) atoms. The summed E-state index contributed by atoms with van der Waals surface area (Å²) in [7, 11) is 0. The van der Waals surface area contributed by atoms with Gasteiger partial charge in [0.05, 0.1) is 25.1 Å². The second-order valence-corrected chi connectivity index (χ2v) is 11.4. The van der Waals surface area contributed by atoms with Gasteiger partial charge in [0.1, 0.15) is 17.2 Å². The highest BCUT2D eigenvalue weighted by molar-refractivity contribution is 5.55. The molecule has 8 nitrogen and oxygen atoms in total. The summed E-state index contributed by atoms with van der Waals surface area (Å²) in [5.41, 5.74) is 4.11. The van der Waals surface area contributed by atoms with E-state index in [9.17, 15) is 0 Å². The van der Waals surface area contributed by atoms with Crippen molar-refractivity contribution in [1.29, 1.82) is 0 Å². The predicted molar refractivity (Wildman–Crippen MR) is 141 cm³/mol. The molecule has 1 N–H and O–H groups in total. The molecule has 1 aromatic carbocycles. The molecular formula is C28H36N8. The van der Waals surface area contributed by atoms with Crippen molar-refractivity contribution in [3.8, 4) is 11.4 Å². The summed E-state index contributed by atoms with van der Waals surface area (Å²) in [5, 5.41) is 12.6. The summed E-state index contributed by atoms with van der Waals surface area (Å²) in [6.45, 7) is 6.37. The second-order valence-electron chi connectivity index (χ2n) is 11.4. The number of hydrogen-bond donors (Lipinski definition) is 1. The van der Waals surface area contributed by atoms with E-state index in [4.69, 9.17) is 4.98 Å². The lowest BCUT2D eigenvalue weighted by atomic mass is 9.85. The number of nitrogens with zero attached hydrogens (tertiary/aromatic N) is 7. The van der Waals surface area contributed by atoms with Crippen LogP contribution in [-0.4, -0.2) is 63.7 Å². The van der Waals surface area contributed by atoms with Crippen LogP contribution in [0, 0.1) is 17.8 Å². The fourth-order valence-electron chi connectivity index (χ4n) is 6.12. The summed E-state index contributed by atoms with van der Waals surface area (Å²) in [4.78, 5) is 14.2. The number of benzene rings is 1. The fraction of sp³-hybridized carbons (Fsp3) is 0.571. The maximum absolute atomic E-state index is 4.84. The lowest BCUT2D eigenvalue weighted by Crippen LogP contribution is -2.47. The van der Waals surface area contributed by atoms with Crippen LogP contribution in [0.2, 0.25) is 0 Å². The Bertz CT molecular complexity index is 1180. The van der Waals surface area contributed by atoms with Gasteiger partial charge >= 0.3 is 0 Å². The molecule has 0 amide bonds. The molecule has 2 saturated carbocycles. The molecule has 0 radical (unpaired) electrons. The molecule has 2 aliphatic heterocycles. The van der Waals surface area contributed by atoms with E-state index in [1.165, 1.54) is 56.3 Å². The summed E-state index contributed by atoms with van der Waals surface area (Å²) in [6.07, 6.45) is 13.8. The molecule has 188 valence electrons. The largest absolute Gasteiger partial charge is 0.370 e. The molecule has 2 unspecified atom stereocenters. The first-order valence-corrected chi connectivity index (χ1v) is 13.8. The molecule has 4 heterocycles. The quantitative estimate of drug-likeness (QED) is 0.524. The minimum atomic E-state index is 0.616. The standard InChI is InChI=1S/C28H36N8/c1-3-20(4-1)12-30-24-5-2-10-34(18-24)25-8-6-21(7-9-25)15-36-19-27(32-33-36)26-13-29-14-28(31-26)35-16-22-11-23(22)17-35/h6-9,13-14,19-20,22-24,30H,1-5,10-12,15-18H2/t22?,23?,24-/m1/s1. The van der Waals surface area contributed by atoms with Crippen LogP contribution in [-0.2, 0) is 6.54 Å². The van der Waals surface area contributed by atoms with Crippen molar-refractivity contribution in [3.05, 3.63) is 48.4 Å². The van der Waals surface area contributed by atoms with Gasteiger partial charge in [-0.25, -0.2) is 9.67 Å². The third kappa shape index (κ3) is 4.71. The van der Waals surface area contributed by atoms with Gasteiger partial charge in [0.15, 0.2) is 0 Å². The van der Waals surface area contributed by atoms with Gasteiger partial charge in [0, 0.05) is 37.9 Å². The van der Waals surface area contributed by atoms with E-state index >= 15 is 0 Å². The van der Waals surface area contributed by atoms with Gasteiger partial charge < -0.3 is 15.1 Å². The Labute approximate surface area is 213 Å². The van der Waals surface area contributed by atoms with Crippen LogP contribution in [0.4, 0.5) is 11.5 Å². The highest BCUT2D eigenvalue weighted by Gasteiger charge is 2.45. The maximum atomic E-state index is 4.84. The summed E-state index contributed by atoms with van der Waals surface area (Å²) in [6, 6.07) is 9.58. The lowest BCUT2D eigenvalue weighted by Gasteiger charge is -2.36. The summed E-state index contributed by atoms with van der Waals surface area (Å²) < 4.78 is 1.89. The average Bonchev–Trinajstić information content (AvgIpc) is 3.25. The van der Waals surface area contributed by atoms with Crippen LogP contribution in [0.3, 0.4) is 0 Å². The van der Waals surface area contributed by atoms with Crippen molar-refractivity contribution in [2.75, 3.05) is 42.5 Å². The molecule has 0 spiro atoms. The molecule has 2 aliphatic carbocycles. The Hall–Kier alpha value is -3.00. The molecular weight excluding hydrogens is 448 g/mol. The zero-order valence-corrected chi connectivity index (χ0v) is 21.0. The Kier molecular flexibility index (Phi) is 5.84. The van der Waals surface area contributed by atoms with E-state index in [-0.39, 0.29) is 0 Å². The van der Waals surface area contributed by atoms with Crippen LogP contribution in [0.15, 0.2) is 42.9 Å². The Balaban J connectivity index is 0.965. The van der Waals surface area contributed by atoms with E-state index in [0.717, 1.165) is 61.1 Å². The zero-order chi connectivity index (χ0) is 23.9. The first-order valence-electron chi connectivity index (χ1n) is 13.8. The number of rotatable bonds is 8. The van der Waals surface area contributed by atoms with Gasteiger partial charge in [0.25, 0.3) is 0 Å². The Morgan fingerprint density at radius 1 is 0.889 bits per heavy atom. The van der Waals surface area contributed by atoms with Gasteiger partial charge in [-0.2, -0.15) is 0 Å². The Morgan fingerprint density at radius 3 is 2.56 bits per heavy atom. The summed E-state index contributed by atoms with van der Waals surface area (Å²) in [5.74, 6) is 3.62. The number of fused-ring (bicyclic) bond motifs is 1. The topological polar surface area (TPSA) is 75.0 Å². The van der Waals surface area contributed by atoms with Crippen molar-refractivity contribution in [1.82, 2.24) is 30.3 Å². The molecule has 3 aromatic rings. The van der Waals surface area contributed by atoms with Crippen molar-refractivity contribution in [3.63, 3.8) is 0 Å². The third-order valence-corrected chi connectivity index (χ3v) is 8.71. The molecule has 2 saturated heterocycles. The highest BCUT2D eigenvalue weighted by atomic mass is 15.4. The predicted octanol–water partition coefficient (Wildman–Crippen LogP) is 3.60. The first kappa shape index (κ1) is 22.2. The van der Waals surface area contributed by atoms with Crippen LogP contribution in [0.5, 0.6) is 0 Å².